The lowest BCUT2D eigenvalue weighted by Crippen LogP contribution is -1.99. The molecule has 0 bridgehead atoms. The second-order valence-electron chi connectivity index (χ2n) is 2.57. The highest BCUT2D eigenvalue weighted by Crippen LogP contribution is 2.31. The number of nitrogens with zero attached hydrogens (tertiary/aromatic N) is 1. The summed E-state index contributed by atoms with van der Waals surface area (Å²) < 4.78 is 0.931. The van der Waals surface area contributed by atoms with E-state index in [1.165, 1.54) is 19.1 Å². The van der Waals surface area contributed by atoms with Crippen LogP contribution < -0.4 is 0 Å². The van der Waals surface area contributed by atoms with E-state index in [0.717, 1.165) is 0 Å². The third-order valence-electron chi connectivity index (χ3n) is 1.64. The fourth-order valence-corrected chi connectivity index (χ4v) is 2.23. The lowest BCUT2D eigenvalue weighted by molar-refractivity contribution is -0.385. The Hall–Kier alpha value is -0.500. The van der Waals surface area contributed by atoms with Gasteiger partial charge < -0.3 is 0 Å². The number of carbonyl (C=O) groups is 1. The number of nitro groups is 1. The summed E-state index contributed by atoms with van der Waals surface area (Å²) in [5.41, 5.74) is 0.461. The molecule has 0 unspecified atom stereocenters. The fraction of sp³-hybridized carbons (Fsp3) is 0.125. The molecule has 1 aromatic rings. The maximum Gasteiger partial charge on any atom is 0.283 e. The molecule has 0 radical (unpaired) electrons. The van der Waals surface area contributed by atoms with Crippen LogP contribution in [0.1, 0.15) is 17.3 Å². The molecule has 0 saturated heterocycles. The van der Waals surface area contributed by atoms with Gasteiger partial charge in [0.05, 0.1) is 4.92 Å². The van der Waals surface area contributed by atoms with Crippen molar-refractivity contribution >= 4 is 50.0 Å². The zero-order valence-corrected chi connectivity index (χ0v) is 10.8. The Morgan fingerprint density at radius 3 is 2.57 bits per heavy atom. The number of Topliss-reactive ketones (excluding diaryl/α,β-unsaturated/α-hetero) is 1. The van der Waals surface area contributed by atoms with Crippen LogP contribution in [0.25, 0.3) is 0 Å². The molecule has 14 heavy (non-hydrogen) atoms. The van der Waals surface area contributed by atoms with Crippen LogP contribution in [0.3, 0.4) is 0 Å². The number of hydrogen-bond acceptors (Lipinski definition) is 3. The fourth-order valence-electron chi connectivity index (χ4n) is 0.952. The van der Waals surface area contributed by atoms with E-state index in [1.807, 2.05) is 22.6 Å². The third-order valence-corrected chi connectivity index (χ3v) is 4.29. The van der Waals surface area contributed by atoms with E-state index < -0.39 is 4.92 Å². The van der Waals surface area contributed by atoms with Crippen molar-refractivity contribution in [3.8, 4) is 0 Å². The van der Waals surface area contributed by atoms with Gasteiger partial charge in [-0.2, -0.15) is 0 Å². The predicted molar refractivity (Wildman–Crippen MR) is 63.5 cm³/mol. The molecule has 0 aliphatic rings. The normalized spacial score (nSPS) is 9.93. The third kappa shape index (κ3) is 2.11. The van der Waals surface area contributed by atoms with Crippen LogP contribution in [0.5, 0.6) is 0 Å². The minimum Gasteiger partial charge on any atom is -0.294 e. The number of halogens is 2. The monoisotopic (exact) mass is 369 g/mol. The van der Waals surface area contributed by atoms with Gasteiger partial charge in [-0.1, -0.05) is 0 Å². The number of nitro benzene ring substituents is 1. The lowest BCUT2D eigenvalue weighted by atomic mass is 10.1. The van der Waals surface area contributed by atoms with Crippen molar-refractivity contribution in [3.05, 3.63) is 35.9 Å². The number of rotatable bonds is 2. The van der Waals surface area contributed by atoms with Crippen LogP contribution in [-0.2, 0) is 0 Å². The second kappa shape index (κ2) is 4.35. The van der Waals surface area contributed by atoms with E-state index in [4.69, 9.17) is 0 Å². The molecule has 1 aromatic carbocycles. The summed E-state index contributed by atoms with van der Waals surface area (Å²) in [6.07, 6.45) is 0. The first-order valence-corrected chi connectivity index (χ1v) is 5.45. The Morgan fingerprint density at radius 2 is 2.14 bits per heavy atom. The molecule has 4 nitrogen and oxygen atoms in total. The molecule has 0 aliphatic carbocycles. The predicted octanol–water partition coefficient (Wildman–Crippen LogP) is 3.16. The zero-order chi connectivity index (χ0) is 10.9. The molecule has 74 valence electrons. The van der Waals surface area contributed by atoms with Gasteiger partial charge in [-0.3, -0.25) is 14.9 Å². The summed E-state index contributed by atoms with van der Waals surface area (Å²) in [5, 5.41) is 10.6. The van der Waals surface area contributed by atoms with Crippen LogP contribution in [0, 0.1) is 13.7 Å². The minimum atomic E-state index is -0.476. The summed E-state index contributed by atoms with van der Waals surface area (Å²) in [6.45, 7) is 1.42. The Labute approximate surface area is 102 Å². The summed E-state index contributed by atoms with van der Waals surface area (Å²) in [4.78, 5) is 21.2. The van der Waals surface area contributed by atoms with Gasteiger partial charge in [0.25, 0.3) is 5.69 Å². The Bertz CT molecular complexity index is 380. The van der Waals surface area contributed by atoms with Crippen LogP contribution in [0.4, 0.5) is 5.69 Å². The highest BCUT2D eigenvalue weighted by molar-refractivity contribution is 14.1. The van der Waals surface area contributed by atoms with Gasteiger partial charge in [-0.25, -0.2) is 0 Å². The zero-order valence-electron chi connectivity index (χ0n) is 7.08. The molecular formula is C8H5BrINO3. The maximum atomic E-state index is 11.1. The largest absolute Gasteiger partial charge is 0.294 e. The molecule has 0 fully saturated rings. The first-order chi connectivity index (χ1) is 6.45. The molecule has 6 heteroatoms. The molecular weight excluding hydrogens is 365 g/mol. The van der Waals surface area contributed by atoms with Crippen LogP contribution in [0.15, 0.2) is 16.6 Å². The topological polar surface area (TPSA) is 60.2 Å². The second-order valence-corrected chi connectivity index (χ2v) is 4.45. The van der Waals surface area contributed by atoms with E-state index in [-0.39, 0.29) is 11.5 Å². The van der Waals surface area contributed by atoms with Gasteiger partial charge in [0.2, 0.25) is 0 Å². The van der Waals surface area contributed by atoms with Gasteiger partial charge in [0, 0.05) is 16.1 Å². The van der Waals surface area contributed by atoms with Crippen LogP contribution in [0.2, 0.25) is 0 Å². The van der Waals surface area contributed by atoms with Gasteiger partial charge in [-0.05, 0) is 51.5 Å². The van der Waals surface area contributed by atoms with Gasteiger partial charge in [0.1, 0.15) is 3.57 Å². The van der Waals surface area contributed by atoms with E-state index in [2.05, 4.69) is 15.9 Å². The van der Waals surface area contributed by atoms with Crippen molar-refractivity contribution in [3.63, 3.8) is 0 Å². The Morgan fingerprint density at radius 1 is 1.57 bits per heavy atom. The van der Waals surface area contributed by atoms with Gasteiger partial charge >= 0.3 is 0 Å². The van der Waals surface area contributed by atoms with Crippen molar-refractivity contribution in [2.75, 3.05) is 0 Å². The van der Waals surface area contributed by atoms with E-state index in [1.54, 1.807) is 0 Å². The summed E-state index contributed by atoms with van der Waals surface area (Å²) in [7, 11) is 0. The van der Waals surface area contributed by atoms with Crippen molar-refractivity contribution < 1.29 is 9.72 Å². The smallest absolute Gasteiger partial charge is 0.283 e. The molecule has 0 atom stereocenters. The summed E-state index contributed by atoms with van der Waals surface area (Å²) in [5.74, 6) is -0.121. The molecule has 0 N–H and O–H groups in total. The van der Waals surface area contributed by atoms with E-state index >= 15 is 0 Å². The van der Waals surface area contributed by atoms with Crippen molar-refractivity contribution in [2.45, 2.75) is 6.92 Å². The maximum absolute atomic E-state index is 11.1. The number of benzene rings is 1. The Kier molecular flexibility index (Phi) is 3.59. The number of hydrogen-bond donors (Lipinski definition) is 0. The highest BCUT2D eigenvalue weighted by atomic mass is 127. The molecule has 0 saturated carbocycles. The lowest BCUT2D eigenvalue weighted by Gasteiger charge is -2.02. The molecule has 0 aromatic heterocycles. The standard InChI is InChI=1S/C8H5BrINO3/c1-4(12)5-2-3-6(11(13)14)8(10)7(5)9/h2-3H,1H3. The summed E-state index contributed by atoms with van der Waals surface area (Å²) in [6, 6.07) is 2.79. The molecule has 0 aliphatic heterocycles. The van der Waals surface area contributed by atoms with Gasteiger partial charge in [0.15, 0.2) is 5.78 Å². The first-order valence-electron chi connectivity index (χ1n) is 3.58. The number of ketones is 1. The quantitative estimate of drug-likeness (QED) is 0.348. The molecule has 0 heterocycles. The average Bonchev–Trinajstić information content (AvgIpc) is 2.08. The molecule has 0 amide bonds. The van der Waals surface area contributed by atoms with Crippen molar-refractivity contribution in [1.82, 2.24) is 0 Å². The van der Waals surface area contributed by atoms with Crippen molar-refractivity contribution in [1.29, 1.82) is 0 Å². The van der Waals surface area contributed by atoms with Gasteiger partial charge in [-0.15, -0.1) is 0 Å². The van der Waals surface area contributed by atoms with E-state index in [9.17, 15) is 14.9 Å². The van der Waals surface area contributed by atoms with Crippen LogP contribution in [-0.4, -0.2) is 10.7 Å². The number of carbonyl (C=O) groups excluding carboxylic acids is 1. The minimum absolute atomic E-state index is 0.00229. The first kappa shape index (κ1) is 11.6. The highest BCUT2D eigenvalue weighted by Gasteiger charge is 2.18. The SMILES string of the molecule is CC(=O)c1ccc([N+](=O)[O-])c(I)c1Br. The summed E-state index contributed by atoms with van der Waals surface area (Å²) >= 11 is 5.01. The van der Waals surface area contributed by atoms with Crippen LogP contribution >= 0.6 is 38.5 Å². The molecule has 1 rings (SSSR count). The molecule has 0 spiro atoms. The average molecular weight is 370 g/mol. The Balaban J connectivity index is 3.41. The van der Waals surface area contributed by atoms with Crippen molar-refractivity contribution in [2.24, 2.45) is 0 Å². The van der Waals surface area contributed by atoms with E-state index in [0.29, 0.717) is 13.6 Å².